The molecule has 0 aliphatic carbocycles. The Hall–Kier alpha value is -1.25. The molecule has 3 rings (SSSR count). The van der Waals surface area contributed by atoms with Crippen molar-refractivity contribution in [3.8, 4) is 0 Å². The SMILES string of the molecule is Cc1ncsc1CCS(=O)(=O)N1CCC(n2ccnc2)CC1. The topological polar surface area (TPSA) is 68.1 Å². The smallest absolute Gasteiger partial charge is 0.214 e. The molecule has 0 radical (unpaired) electrons. The molecule has 22 heavy (non-hydrogen) atoms. The summed E-state index contributed by atoms with van der Waals surface area (Å²) in [4.78, 5) is 9.29. The highest BCUT2D eigenvalue weighted by Gasteiger charge is 2.28. The van der Waals surface area contributed by atoms with Gasteiger partial charge in [0.1, 0.15) is 0 Å². The number of thiazole rings is 1. The van der Waals surface area contributed by atoms with Crippen LogP contribution in [-0.4, -0.2) is 46.1 Å². The lowest BCUT2D eigenvalue weighted by Crippen LogP contribution is -2.40. The van der Waals surface area contributed by atoms with Gasteiger partial charge in [-0.15, -0.1) is 11.3 Å². The highest BCUT2D eigenvalue weighted by atomic mass is 32.2. The number of hydrogen-bond donors (Lipinski definition) is 0. The molecule has 1 aliphatic rings. The first-order valence-corrected chi connectivity index (χ1v) is 9.89. The number of aryl methyl sites for hydroxylation is 2. The van der Waals surface area contributed by atoms with Crippen molar-refractivity contribution in [1.29, 1.82) is 0 Å². The predicted molar refractivity (Wildman–Crippen MR) is 86.4 cm³/mol. The second-order valence-electron chi connectivity index (χ2n) is 5.57. The van der Waals surface area contributed by atoms with Gasteiger partial charge in [0, 0.05) is 36.4 Å². The summed E-state index contributed by atoms with van der Waals surface area (Å²) in [7, 11) is -3.18. The zero-order chi connectivity index (χ0) is 15.6. The molecule has 0 saturated carbocycles. The normalized spacial score (nSPS) is 17.9. The van der Waals surface area contributed by atoms with E-state index in [0.29, 0.717) is 25.6 Å². The Morgan fingerprint density at radius 3 is 2.73 bits per heavy atom. The molecule has 0 atom stereocenters. The van der Waals surface area contributed by atoms with Gasteiger partial charge >= 0.3 is 0 Å². The number of piperidine rings is 1. The maximum Gasteiger partial charge on any atom is 0.214 e. The molecule has 2 aromatic heterocycles. The van der Waals surface area contributed by atoms with Crippen LogP contribution in [0.5, 0.6) is 0 Å². The third kappa shape index (κ3) is 3.39. The summed E-state index contributed by atoms with van der Waals surface area (Å²) in [5, 5.41) is 0. The second-order valence-corrected chi connectivity index (χ2v) is 8.59. The van der Waals surface area contributed by atoms with Gasteiger partial charge in [0.15, 0.2) is 0 Å². The van der Waals surface area contributed by atoms with Crippen LogP contribution in [0, 0.1) is 6.92 Å². The molecule has 0 amide bonds. The van der Waals surface area contributed by atoms with Crippen LogP contribution in [0.4, 0.5) is 0 Å². The molecule has 0 N–H and O–H groups in total. The molecule has 1 fully saturated rings. The van der Waals surface area contributed by atoms with E-state index in [9.17, 15) is 8.42 Å². The van der Waals surface area contributed by atoms with E-state index in [1.807, 2.05) is 13.1 Å². The van der Waals surface area contributed by atoms with Gasteiger partial charge in [-0.25, -0.2) is 22.7 Å². The van der Waals surface area contributed by atoms with Crippen LogP contribution < -0.4 is 0 Å². The Morgan fingerprint density at radius 1 is 1.36 bits per heavy atom. The van der Waals surface area contributed by atoms with Crippen molar-refractivity contribution >= 4 is 21.4 Å². The van der Waals surface area contributed by atoms with Gasteiger partial charge in [-0.05, 0) is 26.2 Å². The molecular weight excluding hydrogens is 320 g/mol. The van der Waals surface area contributed by atoms with Crippen LogP contribution in [0.25, 0.3) is 0 Å². The zero-order valence-corrected chi connectivity index (χ0v) is 14.2. The van der Waals surface area contributed by atoms with E-state index < -0.39 is 10.0 Å². The lowest BCUT2D eigenvalue weighted by Gasteiger charge is -2.31. The average molecular weight is 340 g/mol. The monoisotopic (exact) mass is 340 g/mol. The van der Waals surface area contributed by atoms with E-state index in [-0.39, 0.29) is 5.75 Å². The van der Waals surface area contributed by atoms with Crippen molar-refractivity contribution in [2.24, 2.45) is 0 Å². The quantitative estimate of drug-likeness (QED) is 0.833. The van der Waals surface area contributed by atoms with Crippen LogP contribution in [0.3, 0.4) is 0 Å². The summed E-state index contributed by atoms with van der Waals surface area (Å²) in [6.07, 6.45) is 7.76. The van der Waals surface area contributed by atoms with Crippen molar-refractivity contribution in [2.45, 2.75) is 32.2 Å². The Labute approximate surface area is 134 Å². The van der Waals surface area contributed by atoms with Crippen molar-refractivity contribution in [1.82, 2.24) is 18.8 Å². The minimum absolute atomic E-state index is 0.172. The fourth-order valence-corrected chi connectivity index (χ4v) is 5.22. The minimum atomic E-state index is -3.18. The third-order valence-electron chi connectivity index (χ3n) is 4.20. The summed E-state index contributed by atoms with van der Waals surface area (Å²) in [5.74, 6) is 0.172. The lowest BCUT2D eigenvalue weighted by molar-refractivity contribution is 0.274. The fourth-order valence-electron chi connectivity index (χ4n) is 2.82. The largest absolute Gasteiger partial charge is 0.334 e. The number of nitrogens with zero attached hydrogens (tertiary/aromatic N) is 4. The molecule has 1 saturated heterocycles. The number of sulfonamides is 1. The van der Waals surface area contributed by atoms with Crippen molar-refractivity contribution in [3.05, 3.63) is 34.8 Å². The highest BCUT2D eigenvalue weighted by molar-refractivity contribution is 7.89. The number of imidazole rings is 1. The second kappa shape index (κ2) is 6.47. The first kappa shape index (κ1) is 15.6. The summed E-state index contributed by atoms with van der Waals surface area (Å²) < 4.78 is 28.7. The first-order valence-electron chi connectivity index (χ1n) is 7.40. The minimum Gasteiger partial charge on any atom is -0.334 e. The average Bonchev–Trinajstić information content (AvgIpc) is 3.17. The standard InChI is InChI=1S/C14H20N4O2S2/c1-12-14(21-11-16-12)4-9-22(19,20)18-6-2-13(3-7-18)17-8-5-15-10-17/h5,8,10-11,13H,2-4,6-7,9H2,1H3. The summed E-state index contributed by atoms with van der Waals surface area (Å²) in [6.45, 7) is 3.11. The van der Waals surface area contributed by atoms with E-state index >= 15 is 0 Å². The molecule has 3 heterocycles. The van der Waals surface area contributed by atoms with Gasteiger partial charge < -0.3 is 4.57 Å². The van der Waals surface area contributed by atoms with Gasteiger partial charge in [-0.1, -0.05) is 0 Å². The molecule has 0 unspecified atom stereocenters. The lowest BCUT2D eigenvalue weighted by atomic mass is 10.1. The predicted octanol–water partition coefficient (Wildman–Crippen LogP) is 1.86. The molecule has 6 nitrogen and oxygen atoms in total. The maximum atomic E-state index is 12.5. The van der Waals surface area contributed by atoms with Gasteiger partial charge in [-0.2, -0.15) is 0 Å². The summed E-state index contributed by atoms with van der Waals surface area (Å²) in [6, 6.07) is 0.359. The van der Waals surface area contributed by atoms with E-state index in [2.05, 4.69) is 14.5 Å². The zero-order valence-electron chi connectivity index (χ0n) is 12.6. The Balaban J connectivity index is 1.56. The molecule has 8 heteroatoms. The molecular formula is C14H20N4O2S2. The van der Waals surface area contributed by atoms with E-state index in [0.717, 1.165) is 23.4 Å². The van der Waals surface area contributed by atoms with E-state index in [1.54, 1.807) is 22.3 Å². The summed E-state index contributed by atoms with van der Waals surface area (Å²) >= 11 is 1.53. The Kier molecular flexibility index (Phi) is 4.60. The molecule has 1 aliphatic heterocycles. The van der Waals surface area contributed by atoms with Crippen molar-refractivity contribution < 1.29 is 8.42 Å². The van der Waals surface area contributed by atoms with Crippen molar-refractivity contribution in [2.75, 3.05) is 18.8 Å². The third-order valence-corrected chi connectivity index (χ3v) is 7.06. The first-order chi connectivity index (χ1) is 10.6. The number of rotatable bonds is 5. The van der Waals surface area contributed by atoms with Gasteiger partial charge in [0.05, 0.1) is 23.3 Å². The van der Waals surface area contributed by atoms with Gasteiger partial charge in [-0.3, -0.25) is 0 Å². The van der Waals surface area contributed by atoms with E-state index in [4.69, 9.17) is 0 Å². The van der Waals surface area contributed by atoms with Crippen LogP contribution in [0.15, 0.2) is 24.2 Å². The molecule has 2 aromatic rings. The molecule has 0 spiro atoms. The fraction of sp³-hybridized carbons (Fsp3) is 0.571. The highest BCUT2D eigenvalue weighted by Crippen LogP contribution is 2.24. The summed E-state index contributed by atoms with van der Waals surface area (Å²) in [5.41, 5.74) is 2.72. The van der Waals surface area contributed by atoms with Crippen LogP contribution in [0.2, 0.25) is 0 Å². The van der Waals surface area contributed by atoms with Gasteiger partial charge in [0.2, 0.25) is 10.0 Å². The molecule has 0 aromatic carbocycles. The van der Waals surface area contributed by atoms with Crippen molar-refractivity contribution in [3.63, 3.8) is 0 Å². The Morgan fingerprint density at radius 2 is 2.14 bits per heavy atom. The molecule has 120 valence electrons. The van der Waals surface area contributed by atoms with Crippen LogP contribution in [-0.2, 0) is 16.4 Å². The van der Waals surface area contributed by atoms with Crippen LogP contribution >= 0.6 is 11.3 Å². The van der Waals surface area contributed by atoms with E-state index in [1.165, 1.54) is 11.3 Å². The number of hydrogen-bond acceptors (Lipinski definition) is 5. The van der Waals surface area contributed by atoms with Gasteiger partial charge in [0.25, 0.3) is 0 Å². The maximum absolute atomic E-state index is 12.5. The molecule has 0 bridgehead atoms. The number of aromatic nitrogens is 3. The Bertz CT molecular complexity index is 701. The van der Waals surface area contributed by atoms with Crippen LogP contribution in [0.1, 0.15) is 29.5 Å².